The van der Waals surface area contributed by atoms with E-state index < -0.39 is 54.2 Å². The van der Waals surface area contributed by atoms with Gasteiger partial charge in [-0.1, -0.05) is 18.2 Å². The van der Waals surface area contributed by atoms with Crippen molar-refractivity contribution in [2.75, 3.05) is 0 Å². The van der Waals surface area contributed by atoms with Gasteiger partial charge in [-0.15, -0.1) is 0 Å². The molecular formula is C20H25N5O7. The smallest absolute Gasteiger partial charge is 0.326 e. The van der Waals surface area contributed by atoms with Crippen LogP contribution < -0.4 is 22.1 Å². The van der Waals surface area contributed by atoms with E-state index in [4.69, 9.17) is 16.6 Å². The Labute approximate surface area is 182 Å². The molecule has 1 aromatic heterocycles. The molecule has 2 rings (SSSR count). The molecule has 2 aromatic rings. The Bertz CT molecular complexity index is 1020. The minimum Gasteiger partial charge on any atom is -0.481 e. The van der Waals surface area contributed by atoms with Crippen molar-refractivity contribution < 1.29 is 34.2 Å². The first kappa shape index (κ1) is 24.3. The zero-order valence-corrected chi connectivity index (χ0v) is 17.0. The molecule has 0 fully saturated rings. The average Bonchev–Trinajstić information content (AvgIpc) is 3.12. The number of rotatable bonds is 12. The summed E-state index contributed by atoms with van der Waals surface area (Å²) in [5.74, 6) is -5.10. The van der Waals surface area contributed by atoms with E-state index in [1.165, 1.54) is 0 Å². The third kappa shape index (κ3) is 6.80. The second kappa shape index (κ2) is 10.9. The van der Waals surface area contributed by atoms with Crippen LogP contribution in [0.1, 0.15) is 24.8 Å². The number of aliphatic carboxylic acids is 2. The number of amides is 3. The fourth-order valence-electron chi connectivity index (χ4n) is 3.11. The third-order valence-corrected chi connectivity index (χ3v) is 4.76. The van der Waals surface area contributed by atoms with Crippen molar-refractivity contribution in [2.45, 2.75) is 43.8 Å². The molecule has 0 aliphatic heterocycles. The number of aromatic amines is 1. The molecule has 0 saturated carbocycles. The lowest BCUT2D eigenvalue weighted by molar-refractivity contribution is -0.143. The average molecular weight is 447 g/mol. The number of nitrogens with two attached hydrogens (primary N) is 2. The van der Waals surface area contributed by atoms with E-state index in [0.29, 0.717) is 5.56 Å². The molecule has 12 nitrogen and oxygen atoms in total. The van der Waals surface area contributed by atoms with Gasteiger partial charge in [0, 0.05) is 29.9 Å². The van der Waals surface area contributed by atoms with Crippen LogP contribution in [0.4, 0.5) is 0 Å². The maximum atomic E-state index is 12.9. The first-order valence-corrected chi connectivity index (χ1v) is 9.72. The van der Waals surface area contributed by atoms with Gasteiger partial charge in [-0.3, -0.25) is 19.2 Å². The Morgan fingerprint density at radius 1 is 1.00 bits per heavy atom. The lowest BCUT2D eigenvalue weighted by Gasteiger charge is -2.22. The van der Waals surface area contributed by atoms with E-state index in [9.17, 15) is 29.1 Å². The Morgan fingerprint density at radius 3 is 2.28 bits per heavy atom. The van der Waals surface area contributed by atoms with E-state index >= 15 is 0 Å². The normalized spacial score (nSPS) is 13.7. The molecule has 172 valence electrons. The number of carboxylic acid groups (broad SMARTS) is 2. The van der Waals surface area contributed by atoms with Crippen LogP contribution in [0, 0.1) is 0 Å². The Morgan fingerprint density at radius 2 is 1.66 bits per heavy atom. The second-order valence-electron chi connectivity index (χ2n) is 7.23. The van der Waals surface area contributed by atoms with Crippen molar-refractivity contribution in [2.24, 2.45) is 11.5 Å². The molecule has 0 bridgehead atoms. The number of fused-ring (bicyclic) bond motifs is 1. The topological polar surface area (TPSA) is 218 Å². The number of H-pyrrole nitrogens is 1. The fraction of sp³-hybridized carbons (Fsp3) is 0.350. The molecule has 12 heteroatoms. The number of hydrogen-bond donors (Lipinski definition) is 7. The zero-order valence-electron chi connectivity index (χ0n) is 17.0. The van der Waals surface area contributed by atoms with Crippen molar-refractivity contribution in [1.29, 1.82) is 0 Å². The molecule has 1 heterocycles. The summed E-state index contributed by atoms with van der Waals surface area (Å²) in [7, 11) is 0. The van der Waals surface area contributed by atoms with Crippen molar-refractivity contribution in [3.05, 3.63) is 36.0 Å². The van der Waals surface area contributed by atoms with Crippen LogP contribution in [-0.4, -0.2) is 63.0 Å². The van der Waals surface area contributed by atoms with Gasteiger partial charge < -0.3 is 37.3 Å². The number of benzene rings is 1. The highest BCUT2D eigenvalue weighted by atomic mass is 16.4. The van der Waals surface area contributed by atoms with Crippen LogP contribution in [0.2, 0.25) is 0 Å². The van der Waals surface area contributed by atoms with Crippen molar-refractivity contribution in [3.63, 3.8) is 0 Å². The summed E-state index contributed by atoms with van der Waals surface area (Å²) in [4.78, 5) is 61.6. The number of carboxylic acids is 2. The largest absolute Gasteiger partial charge is 0.481 e. The molecule has 3 atom stereocenters. The minimum atomic E-state index is -1.41. The first-order valence-electron chi connectivity index (χ1n) is 9.72. The van der Waals surface area contributed by atoms with Crippen LogP contribution in [0.3, 0.4) is 0 Å². The highest BCUT2D eigenvalue weighted by Gasteiger charge is 2.29. The van der Waals surface area contributed by atoms with Crippen molar-refractivity contribution >= 4 is 40.6 Å². The Balaban J connectivity index is 2.24. The fourth-order valence-corrected chi connectivity index (χ4v) is 3.11. The lowest BCUT2D eigenvalue weighted by atomic mass is 10.0. The second-order valence-corrected chi connectivity index (χ2v) is 7.23. The number of aromatic nitrogens is 1. The number of hydrogen-bond acceptors (Lipinski definition) is 6. The predicted molar refractivity (Wildman–Crippen MR) is 112 cm³/mol. The molecule has 0 aliphatic rings. The summed E-state index contributed by atoms with van der Waals surface area (Å²) in [6.07, 6.45) is 0.478. The van der Waals surface area contributed by atoms with Crippen LogP contribution in [0.25, 0.3) is 10.9 Å². The molecule has 0 aliphatic carbocycles. The lowest BCUT2D eigenvalue weighted by Crippen LogP contribution is -2.55. The monoisotopic (exact) mass is 447 g/mol. The summed E-state index contributed by atoms with van der Waals surface area (Å²) in [6.45, 7) is 0. The summed E-state index contributed by atoms with van der Waals surface area (Å²) >= 11 is 0. The van der Waals surface area contributed by atoms with Crippen LogP contribution in [0.15, 0.2) is 30.5 Å². The quantitative estimate of drug-likeness (QED) is 0.210. The minimum absolute atomic E-state index is 0.0243. The SMILES string of the molecule is NC(=O)CC[C@H](NC(=O)[C@H](Cc1c[nH]c2ccccc12)NC(=O)[C@@H](N)CC(=O)O)C(=O)O. The zero-order chi connectivity index (χ0) is 23.8. The highest BCUT2D eigenvalue weighted by Crippen LogP contribution is 2.19. The molecular weight excluding hydrogens is 422 g/mol. The van der Waals surface area contributed by atoms with Crippen molar-refractivity contribution in [3.8, 4) is 0 Å². The highest BCUT2D eigenvalue weighted by molar-refractivity contribution is 5.94. The van der Waals surface area contributed by atoms with Crippen molar-refractivity contribution in [1.82, 2.24) is 15.6 Å². The Kier molecular flexibility index (Phi) is 8.30. The van der Waals surface area contributed by atoms with E-state index in [1.54, 1.807) is 18.3 Å². The number of carbonyl (C=O) groups excluding carboxylic acids is 3. The third-order valence-electron chi connectivity index (χ3n) is 4.76. The first-order chi connectivity index (χ1) is 15.1. The summed E-state index contributed by atoms with van der Waals surface area (Å²) in [5, 5.41) is 23.7. The van der Waals surface area contributed by atoms with E-state index in [1.807, 2.05) is 12.1 Å². The van der Waals surface area contributed by atoms with Gasteiger partial charge >= 0.3 is 11.9 Å². The number of carbonyl (C=O) groups is 5. The van der Waals surface area contributed by atoms with Gasteiger partial charge in [0.05, 0.1) is 12.5 Å². The summed E-state index contributed by atoms with van der Waals surface area (Å²) < 4.78 is 0. The molecule has 32 heavy (non-hydrogen) atoms. The molecule has 3 amide bonds. The number of primary amides is 1. The van der Waals surface area contributed by atoms with Crippen LogP contribution >= 0.6 is 0 Å². The molecule has 0 radical (unpaired) electrons. The van der Waals surface area contributed by atoms with Gasteiger partial charge in [0.1, 0.15) is 12.1 Å². The van der Waals surface area contributed by atoms with Crippen LogP contribution in [0.5, 0.6) is 0 Å². The molecule has 0 spiro atoms. The van der Waals surface area contributed by atoms with Gasteiger partial charge in [0.15, 0.2) is 0 Å². The summed E-state index contributed by atoms with van der Waals surface area (Å²) in [6, 6.07) is 3.16. The maximum absolute atomic E-state index is 12.9. The number of para-hydroxylation sites is 1. The van der Waals surface area contributed by atoms with E-state index in [0.717, 1.165) is 10.9 Å². The standard InChI is InChI=1S/C20H25N5O7/c21-12(8-17(27)28)18(29)25-15(7-10-9-23-13-4-2-1-3-11(10)13)19(30)24-14(20(31)32)5-6-16(22)26/h1-4,9,12,14-15,23H,5-8,21H2,(H2,22,26)(H,24,30)(H,25,29)(H,27,28)(H,31,32)/t12-,14-,15-/m0/s1. The van der Waals surface area contributed by atoms with Gasteiger partial charge in [0.2, 0.25) is 17.7 Å². The number of nitrogens with one attached hydrogen (secondary N) is 3. The summed E-state index contributed by atoms with van der Waals surface area (Å²) in [5.41, 5.74) is 12.1. The molecule has 1 aromatic carbocycles. The Hall–Kier alpha value is -3.93. The van der Waals surface area contributed by atoms with Gasteiger partial charge in [-0.2, -0.15) is 0 Å². The maximum Gasteiger partial charge on any atom is 0.326 e. The molecule has 9 N–H and O–H groups in total. The molecule has 0 unspecified atom stereocenters. The van der Waals surface area contributed by atoms with E-state index in [2.05, 4.69) is 15.6 Å². The van der Waals surface area contributed by atoms with Crippen LogP contribution in [-0.2, 0) is 30.4 Å². The van der Waals surface area contributed by atoms with Gasteiger partial charge in [-0.05, 0) is 18.1 Å². The molecule has 0 saturated heterocycles. The predicted octanol–water partition coefficient (Wildman–Crippen LogP) is -1.17. The van der Waals surface area contributed by atoms with Gasteiger partial charge in [0.25, 0.3) is 0 Å². The van der Waals surface area contributed by atoms with Gasteiger partial charge in [-0.25, -0.2) is 4.79 Å². The van der Waals surface area contributed by atoms with E-state index in [-0.39, 0.29) is 19.3 Å².